The maximum atomic E-state index is 9.42. The molecule has 0 saturated heterocycles. The molecule has 11 heavy (non-hydrogen) atoms. The molecule has 2 fully saturated rings. The minimum atomic E-state index is -0.431. The smallest absolute Gasteiger partial charge is 0.0839 e. The van der Waals surface area contributed by atoms with Crippen LogP contribution in [0.5, 0.6) is 0 Å². The molecule has 3 rings (SSSR count). The lowest BCUT2D eigenvalue weighted by Crippen LogP contribution is -2.57. The molecule has 60 valence electrons. The summed E-state index contributed by atoms with van der Waals surface area (Å²) in [5.74, 6) is 1.92. The van der Waals surface area contributed by atoms with Gasteiger partial charge in [-0.1, -0.05) is 12.2 Å². The monoisotopic (exact) mass is 152 g/mol. The van der Waals surface area contributed by atoms with Crippen molar-refractivity contribution in [3.63, 3.8) is 0 Å². The van der Waals surface area contributed by atoms with E-state index in [1.165, 1.54) is 6.42 Å². The average molecular weight is 152 g/mol. The van der Waals surface area contributed by atoms with Crippen LogP contribution in [-0.2, 0) is 0 Å². The zero-order chi connectivity index (χ0) is 7.59. The first-order valence-electron chi connectivity index (χ1n) is 4.33. The average Bonchev–Trinajstić information content (AvgIpc) is 2.58. The van der Waals surface area contributed by atoms with Gasteiger partial charge in [0, 0.05) is 0 Å². The topological polar surface area (TPSA) is 40.5 Å². The molecule has 0 spiro atoms. The molecule has 0 aromatic rings. The molecule has 0 aromatic carbocycles. The van der Waals surface area contributed by atoms with Crippen molar-refractivity contribution in [2.45, 2.75) is 18.6 Å². The quantitative estimate of drug-likeness (QED) is 0.485. The molecule has 0 amide bonds. The minimum absolute atomic E-state index is 0.389. The third-order valence-electron chi connectivity index (χ3n) is 3.72. The van der Waals surface area contributed by atoms with E-state index in [-0.39, 0.29) is 0 Å². The SMILES string of the molecule is O[C@@H]1[C@H](O)[C@H]2[C@H]1[C@H]1C=C[C@H]2C1. The van der Waals surface area contributed by atoms with Gasteiger partial charge in [-0.15, -0.1) is 0 Å². The lowest BCUT2D eigenvalue weighted by molar-refractivity contribution is -0.157. The Morgan fingerprint density at radius 3 is 1.82 bits per heavy atom. The van der Waals surface area contributed by atoms with Crippen molar-refractivity contribution in [2.24, 2.45) is 23.7 Å². The van der Waals surface area contributed by atoms with Gasteiger partial charge in [0.25, 0.3) is 0 Å². The van der Waals surface area contributed by atoms with E-state index in [1.807, 2.05) is 0 Å². The van der Waals surface area contributed by atoms with E-state index in [4.69, 9.17) is 0 Å². The standard InChI is InChI=1S/C9H12O2/c10-8-6-4-1-2-5(3-4)7(6)9(8)11/h1-2,4-11H,3H2/t4-,5-,6+,7+,8-,9+/m0/s1. The number of aliphatic hydroxyl groups is 2. The number of fused-ring (bicyclic) bond motifs is 5. The zero-order valence-electron chi connectivity index (χ0n) is 6.22. The molecule has 0 aliphatic heterocycles. The van der Waals surface area contributed by atoms with Gasteiger partial charge in [-0.2, -0.15) is 0 Å². The van der Waals surface area contributed by atoms with Crippen molar-refractivity contribution in [1.29, 1.82) is 0 Å². The highest BCUT2D eigenvalue weighted by atomic mass is 16.3. The summed E-state index contributed by atoms with van der Waals surface area (Å²) >= 11 is 0. The summed E-state index contributed by atoms with van der Waals surface area (Å²) in [7, 11) is 0. The van der Waals surface area contributed by atoms with Crippen LogP contribution in [0.4, 0.5) is 0 Å². The molecule has 3 aliphatic rings. The van der Waals surface area contributed by atoms with Crippen molar-refractivity contribution >= 4 is 0 Å². The van der Waals surface area contributed by atoms with E-state index < -0.39 is 12.2 Å². The fourth-order valence-corrected chi connectivity index (χ4v) is 3.17. The van der Waals surface area contributed by atoms with Gasteiger partial charge >= 0.3 is 0 Å². The molecule has 0 radical (unpaired) electrons. The van der Waals surface area contributed by atoms with Gasteiger partial charge in [0.05, 0.1) is 12.2 Å². The second kappa shape index (κ2) is 1.70. The molecule has 2 N–H and O–H groups in total. The first-order valence-corrected chi connectivity index (χ1v) is 4.33. The summed E-state index contributed by atoms with van der Waals surface area (Å²) in [5, 5.41) is 18.8. The highest BCUT2D eigenvalue weighted by Gasteiger charge is 2.60. The van der Waals surface area contributed by atoms with Gasteiger partial charge in [-0.3, -0.25) is 0 Å². The molecular formula is C9H12O2. The maximum absolute atomic E-state index is 9.42. The van der Waals surface area contributed by atoms with Crippen LogP contribution in [0.2, 0.25) is 0 Å². The molecular weight excluding hydrogens is 140 g/mol. The van der Waals surface area contributed by atoms with Crippen LogP contribution < -0.4 is 0 Å². The summed E-state index contributed by atoms with van der Waals surface area (Å²) in [5.41, 5.74) is 0. The summed E-state index contributed by atoms with van der Waals surface area (Å²) < 4.78 is 0. The molecule has 0 heterocycles. The van der Waals surface area contributed by atoms with Crippen molar-refractivity contribution in [2.75, 3.05) is 0 Å². The highest BCUT2D eigenvalue weighted by Crippen LogP contribution is 2.57. The van der Waals surface area contributed by atoms with Gasteiger partial charge < -0.3 is 10.2 Å². The summed E-state index contributed by atoms with van der Waals surface area (Å²) in [6.07, 6.45) is 4.73. The van der Waals surface area contributed by atoms with Crippen LogP contribution in [0, 0.1) is 23.7 Å². The van der Waals surface area contributed by atoms with E-state index in [9.17, 15) is 10.2 Å². The number of allylic oxidation sites excluding steroid dienone is 2. The molecule has 2 heteroatoms. The van der Waals surface area contributed by atoms with E-state index in [1.54, 1.807) is 0 Å². The first kappa shape index (κ1) is 6.21. The Morgan fingerprint density at radius 2 is 1.36 bits per heavy atom. The van der Waals surface area contributed by atoms with Crippen molar-refractivity contribution in [1.82, 2.24) is 0 Å². The van der Waals surface area contributed by atoms with Crippen LogP contribution in [0.3, 0.4) is 0 Å². The van der Waals surface area contributed by atoms with Gasteiger partial charge in [-0.05, 0) is 30.1 Å². The second-order valence-electron chi connectivity index (χ2n) is 4.08. The Labute approximate surface area is 65.5 Å². The van der Waals surface area contributed by atoms with Crippen molar-refractivity contribution in [3.05, 3.63) is 12.2 Å². The molecule has 6 atom stereocenters. The zero-order valence-corrected chi connectivity index (χ0v) is 6.22. The fraction of sp³-hybridized carbons (Fsp3) is 0.778. The second-order valence-corrected chi connectivity index (χ2v) is 4.08. The van der Waals surface area contributed by atoms with Crippen LogP contribution in [0.25, 0.3) is 0 Å². The number of hydrogen-bond donors (Lipinski definition) is 2. The van der Waals surface area contributed by atoms with Gasteiger partial charge in [-0.25, -0.2) is 0 Å². The fourth-order valence-electron chi connectivity index (χ4n) is 3.17. The summed E-state index contributed by atoms with van der Waals surface area (Å²) in [6.45, 7) is 0. The van der Waals surface area contributed by atoms with Gasteiger partial charge in [0.2, 0.25) is 0 Å². The van der Waals surface area contributed by atoms with Crippen LogP contribution in [-0.4, -0.2) is 22.4 Å². The first-order chi connectivity index (χ1) is 5.29. The number of hydrogen-bond acceptors (Lipinski definition) is 2. The normalized spacial score (nSPS) is 64.5. The molecule has 0 aromatic heterocycles. The lowest BCUT2D eigenvalue weighted by atomic mass is 9.63. The van der Waals surface area contributed by atoms with Crippen LogP contribution in [0.1, 0.15) is 6.42 Å². The Balaban J connectivity index is 1.96. The van der Waals surface area contributed by atoms with E-state index in [0.717, 1.165) is 0 Å². The predicted molar refractivity (Wildman–Crippen MR) is 39.7 cm³/mol. The third kappa shape index (κ3) is 0.531. The minimum Gasteiger partial charge on any atom is -0.390 e. The van der Waals surface area contributed by atoms with Crippen molar-refractivity contribution < 1.29 is 10.2 Å². The Kier molecular flexibility index (Phi) is 0.958. The maximum Gasteiger partial charge on any atom is 0.0839 e. The van der Waals surface area contributed by atoms with Gasteiger partial charge in [0.15, 0.2) is 0 Å². The number of rotatable bonds is 0. The number of aliphatic hydroxyl groups excluding tert-OH is 2. The van der Waals surface area contributed by atoms with E-state index in [2.05, 4.69) is 12.2 Å². The largest absolute Gasteiger partial charge is 0.390 e. The summed E-state index contributed by atoms with van der Waals surface area (Å²) in [6, 6.07) is 0. The van der Waals surface area contributed by atoms with Gasteiger partial charge in [0.1, 0.15) is 0 Å². The highest BCUT2D eigenvalue weighted by molar-refractivity contribution is 5.21. The molecule has 2 nitrogen and oxygen atoms in total. The van der Waals surface area contributed by atoms with Crippen LogP contribution in [0.15, 0.2) is 12.2 Å². The Hall–Kier alpha value is -0.340. The molecule has 2 saturated carbocycles. The Bertz CT molecular complexity index is 202. The Morgan fingerprint density at radius 1 is 0.909 bits per heavy atom. The third-order valence-corrected chi connectivity index (χ3v) is 3.72. The summed E-state index contributed by atoms with van der Waals surface area (Å²) in [4.78, 5) is 0. The molecule has 2 bridgehead atoms. The van der Waals surface area contributed by atoms with E-state index in [0.29, 0.717) is 23.7 Å². The van der Waals surface area contributed by atoms with Crippen molar-refractivity contribution in [3.8, 4) is 0 Å². The predicted octanol–water partition coefficient (Wildman–Crippen LogP) is 0.160. The molecule has 0 unspecified atom stereocenters. The van der Waals surface area contributed by atoms with Crippen LogP contribution >= 0.6 is 0 Å². The molecule has 3 aliphatic carbocycles. The van der Waals surface area contributed by atoms with E-state index >= 15 is 0 Å². The lowest BCUT2D eigenvalue weighted by Gasteiger charge is -2.47.